The largest absolute Gasteiger partial charge is 0.207 e. The molecule has 0 N–H and O–H groups in total. The van der Waals surface area contributed by atoms with Gasteiger partial charge in [0, 0.05) is 6.07 Å². The quantitative estimate of drug-likeness (QED) is 0.567. The summed E-state index contributed by atoms with van der Waals surface area (Å²) in [5, 5.41) is 0. The second kappa shape index (κ2) is 7.92. The van der Waals surface area contributed by atoms with E-state index in [1.807, 2.05) is 12.1 Å². The first kappa shape index (κ1) is 17.1. The first-order valence-electron chi connectivity index (χ1n) is 9.19. The van der Waals surface area contributed by atoms with Crippen LogP contribution in [0.3, 0.4) is 0 Å². The van der Waals surface area contributed by atoms with E-state index in [1.165, 1.54) is 56.2 Å². The minimum absolute atomic E-state index is 0.531. The molecule has 24 heavy (non-hydrogen) atoms. The average Bonchev–Trinajstić information content (AvgIpc) is 2.60. The molecule has 0 unspecified atom stereocenters. The SMILES string of the molecule is CCC1CCC(CCc2ccc(-c3cc(F)cc(F)c3)cc2)CC1. The lowest BCUT2D eigenvalue weighted by Gasteiger charge is -2.27. The second-order valence-electron chi connectivity index (χ2n) is 7.19. The lowest BCUT2D eigenvalue weighted by Crippen LogP contribution is -2.14. The summed E-state index contributed by atoms with van der Waals surface area (Å²) in [6.45, 7) is 2.30. The van der Waals surface area contributed by atoms with Gasteiger partial charge in [-0.3, -0.25) is 0 Å². The van der Waals surface area contributed by atoms with Crippen molar-refractivity contribution in [1.29, 1.82) is 0 Å². The topological polar surface area (TPSA) is 0 Å². The third-order valence-corrected chi connectivity index (χ3v) is 5.53. The Morgan fingerprint density at radius 1 is 0.792 bits per heavy atom. The standard InChI is InChI=1S/C22H26F2/c1-2-16-3-5-17(6-4-16)7-8-18-9-11-19(12-10-18)20-13-21(23)15-22(24)14-20/h9-17H,2-8H2,1H3. The smallest absolute Gasteiger partial charge is 0.126 e. The van der Waals surface area contributed by atoms with Gasteiger partial charge in [-0.1, -0.05) is 63.3 Å². The molecule has 0 spiro atoms. The van der Waals surface area contributed by atoms with Gasteiger partial charge in [-0.05, 0) is 53.5 Å². The molecule has 0 bridgehead atoms. The van der Waals surface area contributed by atoms with Crippen molar-refractivity contribution in [3.05, 3.63) is 59.7 Å². The molecular weight excluding hydrogens is 302 g/mol. The number of rotatable bonds is 5. The predicted octanol–water partition coefficient (Wildman–Crippen LogP) is 6.78. The normalized spacial score (nSPS) is 21.0. The molecule has 0 aromatic heterocycles. The van der Waals surface area contributed by atoms with Gasteiger partial charge in [0.05, 0.1) is 0 Å². The van der Waals surface area contributed by atoms with E-state index < -0.39 is 11.6 Å². The van der Waals surface area contributed by atoms with E-state index in [0.29, 0.717) is 5.56 Å². The summed E-state index contributed by atoms with van der Waals surface area (Å²) in [6, 6.07) is 11.8. The Morgan fingerprint density at radius 2 is 1.38 bits per heavy atom. The molecule has 1 fully saturated rings. The van der Waals surface area contributed by atoms with Crippen molar-refractivity contribution in [3.63, 3.8) is 0 Å². The fourth-order valence-electron chi connectivity index (χ4n) is 3.88. The van der Waals surface area contributed by atoms with Crippen LogP contribution in [0.2, 0.25) is 0 Å². The third kappa shape index (κ3) is 4.43. The number of hydrogen-bond donors (Lipinski definition) is 0. The van der Waals surface area contributed by atoms with Crippen LogP contribution in [0.1, 0.15) is 51.0 Å². The average molecular weight is 328 g/mol. The Hall–Kier alpha value is -1.70. The van der Waals surface area contributed by atoms with Crippen LogP contribution in [0.4, 0.5) is 8.78 Å². The molecular formula is C22H26F2. The lowest BCUT2D eigenvalue weighted by atomic mass is 9.78. The molecule has 0 amide bonds. The van der Waals surface area contributed by atoms with E-state index >= 15 is 0 Å². The van der Waals surface area contributed by atoms with Crippen molar-refractivity contribution in [2.24, 2.45) is 11.8 Å². The molecule has 0 saturated heterocycles. The maximum Gasteiger partial charge on any atom is 0.126 e. The molecule has 0 heterocycles. The van der Waals surface area contributed by atoms with Crippen molar-refractivity contribution < 1.29 is 8.78 Å². The van der Waals surface area contributed by atoms with Crippen LogP contribution in [-0.4, -0.2) is 0 Å². The van der Waals surface area contributed by atoms with Gasteiger partial charge in [-0.15, -0.1) is 0 Å². The first-order valence-corrected chi connectivity index (χ1v) is 9.19. The Bertz CT molecular complexity index is 632. The summed E-state index contributed by atoms with van der Waals surface area (Å²) in [4.78, 5) is 0. The zero-order valence-electron chi connectivity index (χ0n) is 14.4. The summed E-state index contributed by atoms with van der Waals surface area (Å²) < 4.78 is 26.7. The Kier molecular flexibility index (Phi) is 5.65. The number of halogens is 2. The summed E-state index contributed by atoms with van der Waals surface area (Å²) >= 11 is 0. The van der Waals surface area contributed by atoms with Gasteiger partial charge in [-0.25, -0.2) is 8.78 Å². The molecule has 2 aromatic rings. The highest BCUT2D eigenvalue weighted by molar-refractivity contribution is 5.63. The molecule has 0 atom stereocenters. The molecule has 0 radical (unpaired) electrons. The van der Waals surface area contributed by atoms with Crippen molar-refractivity contribution in [2.75, 3.05) is 0 Å². The molecule has 2 aromatic carbocycles. The first-order chi connectivity index (χ1) is 11.6. The fourth-order valence-corrected chi connectivity index (χ4v) is 3.88. The van der Waals surface area contributed by atoms with Crippen LogP contribution in [0.5, 0.6) is 0 Å². The van der Waals surface area contributed by atoms with E-state index in [9.17, 15) is 8.78 Å². The molecule has 3 rings (SSSR count). The fraction of sp³-hybridized carbons (Fsp3) is 0.455. The summed E-state index contributed by atoms with van der Waals surface area (Å²) in [7, 11) is 0. The number of benzene rings is 2. The van der Waals surface area contributed by atoms with Crippen LogP contribution >= 0.6 is 0 Å². The minimum atomic E-state index is -0.531. The van der Waals surface area contributed by atoms with Gasteiger partial charge in [0.2, 0.25) is 0 Å². The van der Waals surface area contributed by atoms with Gasteiger partial charge in [-0.2, -0.15) is 0 Å². The third-order valence-electron chi connectivity index (χ3n) is 5.53. The predicted molar refractivity (Wildman–Crippen MR) is 95.9 cm³/mol. The van der Waals surface area contributed by atoms with Crippen LogP contribution in [0.15, 0.2) is 42.5 Å². The van der Waals surface area contributed by atoms with Gasteiger partial charge < -0.3 is 0 Å². The van der Waals surface area contributed by atoms with Crippen molar-refractivity contribution in [1.82, 2.24) is 0 Å². The number of aryl methyl sites for hydroxylation is 1. The van der Waals surface area contributed by atoms with Crippen LogP contribution in [0.25, 0.3) is 11.1 Å². The van der Waals surface area contributed by atoms with E-state index in [2.05, 4.69) is 19.1 Å². The maximum absolute atomic E-state index is 13.3. The maximum atomic E-state index is 13.3. The molecule has 0 nitrogen and oxygen atoms in total. The second-order valence-corrected chi connectivity index (χ2v) is 7.19. The molecule has 1 aliphatic carbocycles. The summed E-state index contributed by atoms with van der Waals surface area (Å²) in [5.74, 6) is 0.755. The summed E-state index contributed by atoms with van der Waals surface area (Å²) in [5.41, 5.74) is 2.77. The number of hydrogen-bond acceptors (Lipinski definition) is 0. The van der Waals surface area contributed by atoms with Gasteiger partial charge in [0.15, 0.2) is 0 Å². The molecule has 128 valence electrons. The van der Waals surface area contributed by atoms with Crippen LogP contribution in [0, 0.1) is 23.5 Å². The Balaban J connectivity index is 1.57. The minimum Gasteiger partial charge on any atom is -0.207 e. The van der Waals surface area contributed by atoms with Gasteiger partial charge >= 0.3 is 0 Å². The summed E-state index contributed by atoms with van der Waals surface area (Å²) in [6.07, 6.45) is 9.22. The Morgan fingerprint density at radius 3 is 1.96 bits per heavy atom. The Labute approximate surface area is 143 Å². The zero-order valence-corrected chi connectivity index (χ0v) is 14.4. The van der Waals surface area contributed by atoms with E-state index in [1.54, 1.807) is 0 Å². The molecule has 1 aliphatic rings. The van der Waals surface area contributed by atoms with Gasteiger partial charge in [0.25, 0.3) is 0 Å². The molecule has 1 saturated carbocycles. The van der Waals surface area contributed by atoms with Crippen molar-refractivity contribution >= 4 is 0 Å². The zero-order chi connectivity index (χ0) is 16.9. The van der Waals surface area contributed by atoms with Crippen LogP contribution in [-0.2, 0) is 6.42 Å². The monoisotopic (exact) mass is 328 g/mol. The molecule has 2 heteroatoms. The van der Waals surface area contributed by atoms with Gasteiger partial charge in [0.1, 0.15) is 11.6 Å². The highest BCUT2D eigenvalue weighted by Crippen LogP contribution is 2.33. The van der Waals surface area contributed by atoms with Crippen molar-refractivity contribution in [2.45, 2.75) is 51.9 Å². The van der Waals surface area contributed by atoms with Crippen LogP contribution < -0.4 is 0 Å². The lowest BCUT2D eigenvalue weighted by molar-refractivity contribution is 0.259. The molecule has 0 aliphatic heterocycles. The highest BCUT2D eigenvalue weighted by atomic mass is 19.1. The van der Waals surface area contributed by atoms with Crippen molar-refractivity contribution in [3.8, 4) is 11.1 Å². The van der Waals surface area contributed by atoms with E-state index in [4.69, 9.17) is 0 Å². The highest BCUT2D eigenvalue weighted by Gasteiger charge is 2.19. The van der Waals surface area contributed by atoms with E-state index in [0.717, 1.165) is 29.9 Å². The van der Waals surface area contributed by atoms with E-state index in [-0.39, 0.29) is 0 Å².